The van der Waals surface area contributed by atoms with E-state index in [9.17, 15) is 9.59 Å². The van der Waals surface area contributed by atoms with Crippen molar-refractivity contribution in [3.63, 3.8) is 0 Å². The van der Waals surface area contributed by atoms with Gasteiger partial charge in [-0.15, -0.1) is 0 Å². The van der Waals surface area contributed by atoms with Gasteiger partial charge in [0, 0.05) is 30.9 Å². The molecule has 22 heavy (non-hydrogen) atoms. The zero-order chi connectivity index (χ0) is 15.7. The Labute approximate surface area is 129 Å². The molecule has 0 atom stereocenters. The van der Waals surface area contributed by atoms with Crippen molar-refractivity contribution in [3.8, 4) is 0 Å². The van der Waals surface area contributed by atoms with Crippen molar-refractivity contribution in [1.29, 1.82) is 0 Å². The number of carbonyl (C=O) groups excluding carboxylic acids is 2. The summed E-state index contributed by atoms with van der Waals surface area (Å²) in [5.74, 6) is -0.707. The van der Waals surface area contributed by atoms with Gasteiger partial charge in [-0.1, -0.05) is 30.3 Å². The second-order valence-electron chi connectivity index (χ2n) is 5.37. The maximum absolute atomic E-state index is 12.1. The van der Waals surface area contributed by atoms with E-state index in [1.165, 1.54) is 0 Å². The van der Waals surface area contributed by atoms with Gasteiger partial charge < -0.3 is 4.90 Å². The fourth-order valence-corrected chi connectivity index (χ4v) is 2.45. The van der Waals surface area contributed by atoms with Crippen molar-refractivity contribution in [2.24, 2.45) is 0 Å². The smallest absolute Gasteiger partial charge is 0.258 e. The van der Waals surface area contributed by atoms with Crippen molar-refractivity contribution in [2.75, 3.05) is 19.0 Å². The average Bonchev–Trinajstić information content (AvgIpc) is 2.52. The number of imide groups is 1. The number of hydrogen-bond donors (Lipinski definition) is 1. The highest BCUT2D eigenvalue weighted by molar-refractivity contribution is 6.33. The summed E-state index contributed by atoms with van der Waals surface area (Å²) in [5.41, 5.74) is 3.71. The predicted octanol–water partition coefficient (Wildman–Crippen LogP) is 2.56. The standard InChI is InChI=1S/C18H16N2O2/c1-20(2)13-9-7-12(8-10-13)11-16-14-5-3-4-6-15(14)17(21)19-18(16)22/h3-11H,1-2H3,(H,19,21,22)/b16-11+. The first-order valence-corrected chi connectivity index (χ1v) is 7.00. The molecule has 0 bridgehead atoms. The van der Waals surface area contributed by atoms with Gasteiger partial charge in [0.2, 0.25) is 0 Å². The Morgan fingerprint density at radius 3 is 2.14 bits per heavy atom. The molecule has 1 aliphatic rings. The Kier molecular flexibility index (Phi) is 3.51. The molecule has 1 N–H and O–H groups in total. The summed E-state index contributed by atoms with van der Waals surface area (Å²) in [4.78, 5) is 26.0. The lowest BCUT2D eigenvalue weighted by atomic mass is 9.93. The van der Waals surface area contributed by atoms with E-state index in [2.05, 4.69) is 5.32 Å². The molecule has 0 fully saturated rings. The Hall–Kier alpha value is -2.88. The summed E-state index contributed by atoms with van der Waals surface area (Å²) >= 11 is 0. The summed E-state index contributed by atoms with van der Waals surface area (Å²) < 4.78 is 0. The Balaban J connectivity index is 2.05. The average molecular weight is 292 g/mol. The second-order valence-corrected chi connectivity index (χ2v) is 5.37. The highest BCUT2D eigenvalue weighted by atomic mass is 16.2. The van der Waals surface area contributed by atoms with Crippen LogP contribution in [0.25, 0.3) is 11.6 Å². The van der Waals surface area contributed by atoms with Crippen molar-refractivity contribution in [2.45, 2.75) is 0 Å². The molecule has 0 unspecified atom stereocenters. The summed E-state index contributed by atoms with van der Waals surface area (Å²) in [6.45, 7) is 0. The van der Waals surface area contributed by atoms with Crippen LogP contribution in [-0.2, 0) is 4.79 Å². The lowest BCUT2D eigenvalue weighted by Gasteiger charge is -2.18. The molecule has 0 saturated carbocycles. The summed E-state index contributed by atoms with van der Waals surface area (Å²) in [6.07, 6.45) is 1.81. The number of carbonyl (C=O) groups is 2. The number of benzene rings is 2. The van der Waals surface area contributed by atoms with E-state index in [1.807, 2.05) is 49.3 Å². The van der Waals surface area contributed by atoms with Crippen LogP contribution in [0.4, 0.5) is 5.69 Å². The molecule has 2 aromatic rings. The van der Waals surface area contributed by atoms with Gasteiger partial charge in [-0.05, 0) is 35.4 Å². The molecule has 0 aromatic heterocycles. The largest absolute Gasteiger partial charge is 0.378 e. The van der Waals surface area contributed by atoms with Crippen LogP contribution in [0.1, 0.15) is 21.5 Å². The lowest BCUT2D eigenvalue weighted by Crippen LogP contribution is -2.36. The van der Waals surface area contributed by atoms with Gasteiger partial charge in [0.25, 0.3) is 11.8 Å². The Morgan fingerprint density at radius 1 is 0.864 bits per heavy atom. The minimum absolute atomic E-state index is 0.347. The molecule has 0 spiro atoms. The number of hydrogen-bond acceptors (Lipinski definition) is 3. The number of amides is 2. The molecule has 3 rings (SSSR count). The zero-order valence-electron chi connectivity index (χ0n) is 12.5. The first kappa shape index (κ1) is 14.1. The van der Waals surface area contributed by atoms with Crippen LogP contribution in [-0.4, -0.2) is 25.9 Å². The molecular weight excluding hydrogens is 276 g/mol. The Morgan fingerprint density at radius 2 is 1.50 bits per heavy atom. The van der Waals surface area contributed by atoms with E-state index in [0.29, 0.717) is 16.7 Å². The van der Waals surface area contributed by atoms with E-state index >= 15 is 0 Å². The van der Waals surface area contributed by atoms with Crippen molar-refractivity contribution in [3.05, 3.63) is 65.2 Å². The van der Waals surface area contributed by atoms with Gasteiger partial charge in [0.15, 0.2) is 0 Å². The van der Waals surface area contributed by atoms with Gasteiger partial charge in [-0.2, -0.15) is 0 Å². The Bertz CT molecular complexity index is 774. The van der Waals surface area contributed by atoms with Crippen molar-refractivity contribution < 1.29 is 9.59 Å². The molecule has 110 valence electrons. The highest BCUT2D eigenvalue weighted by Gasteiger charge is 2.26. The summed E-state index contributed by atoms with van der Waals surface area (Å²) in [5, 5.41) is 2.38. The molecule has 2 amide bonds. The van der Waals surface area contributed by atoms with Gasteiger partial charge >= 0.3 is 0 Å². The summed E-state index contributed by atoms with van der Waals surface area (Å²) in [6, 6.07) is 15.0. The normalized spacial score (nSPS) is 15.5. The number of nitrogens with zero attached hydrogens (tertiary/aromatic N) is 1. The maximum Gasteiger partial charge on any atom is 0.258 e. The number of rotatable bonds is 2. The van der Waals surface area contributed by atoms with E-state index < -0.39 is 0 Å². The quantitative estimate of drug-likeness (QED) is 0.683. The molecule has 4 nitrogen and oxygen atoms in total. The third-order valence-electron chi connectivity index (χ3n) is 3.65. The second kappa shape index (κ2) is 5.48. The minimum atomic E-state index is -0.361. The molecule has 1 heterocycles. The van der Waals surface area contributed by atoms with E-state index in [0.717, 1.165) is 11.3 Å². The van der Waals surface area contributed by atoms with Crippen LogP contribution in [0.2, 0.25) is 0 Å². The molecule has 0 saturated heterocycles. The molecule has 0 radical (unpaired) electrons. The maximum atomic E-state index is 12.1. The van der Waals surface area contributed by atoms with Crippen molar-refractivity contribution in [1.82, 2.24) is 5.32 Å². The molecular formula is C18H16N2O2. The van der Waals surface area contributed by atoms with E-state index in [4.69, 9.17) is 0 Å². The van der Waals surface area contributed by atoms with Crippen LogP contribution >= 0.6 is 0 Å². The third-order valence-corrected chi connectivity index (χ3v) is 3.65. The van der Waals surface area contributed by atoms with Gasteiger partial charge in [-0.3, -0.25) is 14.9 Å². The van der Waals surface area contributed by atoms with Crippen LogP contribution in [0.5, 0.6) is 0 Å². The van der Waals surface area contributed by atoms with Gasteiger partial charge in [0.05, 0.1) is 0 Å². The first-order chi connectivity index (χ1) is 10.6. The van der Waals surface area contributed by atoms with E-state index in [1.54, 1.807) is 24.3 Å². The molecule has 2 aromatic carbocycles. The first-order valence-electron chi connectivity index (χ1n) is 7.00. The molecule has 4 heteroatoms. The lowest BCUT2D eigenvalue weighted by molar-refractivity contribution is -0.114. The summed E-state index contributed by atoms with van der Waals surface area (Å²) in [7, 11) is 3.95. The van der Waals surface area contributed by atoms with Crippen LogP contribution in [0.15, 0.2) is 48.5 Å². The third kappa shape index (κ3) is 2.51. The molecule has 0 aliphatic carbocycles. The SMILES string of the molecule is CN(C)c1ccc(/C=C2/C(=O)NC(=O)c3ccccc32)cc1. The fraction of sp³-hybridized carbons (Fsp3) is 0.111. The predicted molar refractivity (Wildman–Crippen MR) is 87.6 cm³/mol. The van der Waals surface area contributed by atoms with Crippen LogP contribution in [0, 0.1) is 0 Å². The van der Waals surface area contributed by atoms with Gasteiger partial charge in [-0.25, -0.2) is 0 Å². The number of nitrogens with one attached hydrogen (secondary N) is 1. The zero-order valence-corrected chi connectivity index (χ0v) is 12.5. The monoisotopic (exact) mass is 292 g/mol. The fourth-order valence-electron chi connectivity index (χ4n) is 2.45. The van der Waals surface area contributed by atoms with Crippen LogP contribution in [0.3, 0.4) is 0 Å². The molecule has 1 aliphatic heterocycles. The minimum Gasteiger partial charge on any atom is -0.378 e. The topological polar surface area (TPSA) is 49.4 Å². The number of fused-ring (bicyclic) bond motifs is 1. The van der Waals surface area contributed by atoms with Crippen molar-refractivity contribution >= 4 is 29.2 Å². The van der Waals surface area contributed by atoms with Crippen LogP contribution < -0.4 is 10.2 Å². The van der Waals surface area contributed by atoms with E-state index in [-0.39, 0.29) is 11.8 Å². The number of anilines is 1. The van der Waals surface area contributed by atoms with Gasteiger partial charge in [0.1, 0.15) is 0 Å². The highest BCUT2D eigenvalue weighted by Crippen LogP contribution is 2.26.